The normalized spacial score (nSPS) is 16.9. The topological polar surface area (TPSA) is 34.2 Å². The van der Waals surface area contributed by atoms with Gasteiger partial charge in [-0.05, 0) is 36.4 Å². The summed E-state index contributed by atoms with van der Waals surface area (Å²) in [5.74, 6) is 2.12. The van der Waals surface area contributed by atoms with E-state index in [2.05, 4.69) is 9.80 Å². The van der Waals surface area contributed by atoms with Crippen LogP contribution in [0, 0.1) is 5.82 Å². The lowest BCUT2D eigenvalue weighted by molar-refractivity contribution is 0.173. The zero-order valence-electron chi connectivity index (χ0n) is 14.0. The molecule has 0 radical (unpaired) electrons. The van der Waals surface area contributed by atoms with Crippen LogP contribution in [0.3, 0.4) is 0 Å². The number of nitrogens with zero attached hydrogens (tertiary/aromatic N) is 2. The highest BCUT2D eigenvalue weighted by molar-refractivity contribution is 5.47. The molecule has 5 nitrogen and oxygen atoms in total. The number of hydrogen-bond donors (Lipinski definition) is 0. The number of hydrogen-bond acceptors (Lipinski definition) is 5. The van der Waals surface area contributed by atoms with E-state index in [0.29, 0.717) is 6.61 Å². The Hall–Kier alpha value is -2.47. The van der Waals surface area contributed by atoms with Gasteiger partial charge in [0.15, 0.2) is 11.5 Å². The van der Waals surface area contributed by atoms with Crippen LogP contribution in [0.5, 0.6) is 17.2 Å². The fraction of sp³-hybridized carbons (Fsp3) is 0.368. The third-order valence-electron chi connectivity index (χ3n) is 4.58. The van der Waals surface area contributed by atoms with Crippen LogP contribution in [0.25, 0.3) is 0 Å². The first-order valence-corrected chi connectivity index (χ1v) is 8.53. The average molecular weight is 344 g/mol. The molecule has 4 rings (SSSR count). The van der Waals surface area contributed by atoms with Gasteiger partial charge < -0.3 is 19.1 Å². The van der Waals surface area contributed by atoms with Crippen LogP contribution in [-0.4, -0.2) is 51.0 Å². The molecule has 0 aromatic heterocycles. The summed E-state index contributed by atoms with van der Waals surface area (Å²) in [4.78, 5) is 4.67. The molecule has 1 fully saturated rings. The van der Waals surface area contributed by atoms with Crippen LogP contribution in [0.2, 0.25) is 0 Å². The molecule has 2 aromatic rings. The fourth-order valence-electron chi connectivity index (χ4n) is 3.14. The lowest BCUT2D eigenvalue weighted by Gasteiger charge is -2.36. The quantitative estimate of drug-likeness (QED) is 0.833. The van der Waals surface area contributed by atoms with Gasteiger partial charge in [-0.3, -0.25) is 4.90 Å². The molecule has 0 spiro atoms. The Bertz CT molecular complexity index is 715. The molecular weight excluding hydrogens is 323 g/mol. The van der Waals surface area contributed by atoms with Gasteiger partial charge in [0.05, 0.1) is 0 Å². The second-order valence-corrected chi connectivity index (χ2v) is 6.17. The van der Waals surface area contributed by atoms with Crippen LogP contribution in [0.1, 0.15) is 0 Å². The Kier molecular flexibility index (Phi) is 4.61. The first-order chi connectivity index (χ1) is 12.3. The maximum Gasteiger partial charge on any atom is 0.231 e. The highest BCUT2D eigenvalue weighted by atomic mass is 19.1. The molecule has 0 unspecified atom stereocenters. The molecule has 0 aliphatic carbocycles. The maximum absolute atomic E-state index is 13.0. The summed E-state index contributed by atoms with van der Waals surface area (Å²) in [6.07, 6.45) is 0. The summed E-state index contributed by atoms with van der Waals surface area (Å²) < 4.78 is 29.5. The zero-order chi connectivity index (χ0) is 17.1. The summed E-state index contributed by atoms with van der Waals surface area (Å²) in [6, 6.07) is 12.4. The molecule has 1 saturated heterocycles. The second kappa shape index (κ2) is 7.19. The summed E-state index contributed by atoms with van der Waals surface area (Å²) in [5.41, 5.74) is 1.08. The molecule has 25 heavy (non-hydrogen) atoms. The van der Waals surface area contributed by atoms with Gasteiger partial charge in [0.25, 0.3) is 0 Å². The molecule has 0 amide bonds. The molecule has 2 aromatic carbocycles. The van der Waals surface area contributed by atoms with Gasteiger partial charge in [0.2, 0.25) is 6.79 Å². The standard InChI is InChI=1S/C19H21FN2O3/c20-15-1-3-16(4-2-15)22-9-7-21(8-10-22)11-12-23-17-5-6-18-19(13-17)25-14-24-18/h1-6,13H,7-12,14H2. The van der Waals surface area contributed by atoms with Crippen molar-refractivity contribution in [1.82, 2.24) is 4.90 Å². The fourth-order valence-corrected chi connectivity index (χ4v) is 3.14. The van der Waals surface area contributed by atoms with Gasteiger partial charge in [0, 0.05) is 44.5 Å². The Morgan fingerprint density at radius 3 is 2.48 bits per heavy atom. The van der Waals surface area contributed by atoms with Crippen LogP contribution in [0.4, 0.5) is 10.1 Å². The van der Waals surface area contributed by atoms with Crippen molar-refractivity contribution in [3.8, 4) is 17.2 Å². The SMILES string of the molecule is Fc1ccc(N2CCN(CCOc3ccc4c(c3)OCO4)CC2)cc1. The molecule has 6 heteroatoms. The van der Waals surface area contributed by atoms with Gasteiger partial charge in [-0.2, -0.15) is 0 Å². The summed E-state index contributed by atoms with van der Waals surface area (Å²) in [5, 5.41) is 0. The van der Waals surface area contributed by atoms with Crippen LogP contribution >= 0.6 is 0 Å². The molecular formula is C19H21FN2O3. The summed E-state index contributed by atoms with van der Waals surface area (Å²) in [7, 11) is 0. The van der Waals surface area contributed by atoms with Crippen LogP contribution in [0.15, 0.2) is 42.5 Å². The highest BCUT2D eigenvalue weighted by Crippen LogP contribution is 2.35. The molecule has 0 bridgehead atoms. The maximum atomic E-state index is 13.0. The van der Waals surface area contributed by atoms with E-state index in [0.717, 1.165) is 55.7 Å². The number of fused-ring (bicyclic) bond motifs is 1. The Balaban J connectivity index is 1.22. The smallest absolute Gasteiger partial charge is 0.231 e. The molecule has 2 aliphatic heterocycles. The van der Waals surface area contributed by atoms with Gasteiger partial charge in [-0.25, -0.2) is 4.39 Å². The number of anilines is 1. The second-order valence-electron chi connectivity index (χ2n) is 6.17. The number of benzene rings is 2. The van der Waals surface area contributed by atoms with Gasteiger partial charge in [0.1, 0.15) is 18.2 Å². The summed E-state index contributed by atoms with van der Waals surface area (Å²) in [6.45, 7) is 5.62. The molecule has 0 saturated carbocycles. The largest absolute Gasteiger partial charge is 0.492 e. The van der Waals surface area contributed by atoms with E-state index in [4.69, 9.17) is 14.2 Å². The van der Waals surface area contributed by atoms with Crippen LogP contribution < -0.4 is 19.1 Å². The zero-order valence-corrected chi connectivity index (χ0v) is 14.0. The Morgan fingerprint density at radius 2 is 1.68 bits per heavy atom. The average Bonchev–Trinajstić information content (AvgIpc) is 3.11. The van der Waals surface area contributed by atoms with Crippen molar-refractivity contribution in [2.24, 2.45) is 0 Å². The minimum Gasteiger partial charge on any atom is -0.492 e. The Morgan fingerprint density at radius 1 is 0.920 bits per heavy atom. The minimum atomic E-state index is -0.192. The molecule has 2 aliphatic rings. The molecule has 132 valence electrons. The number of rotatable bonds is 5. The monoisotopic (exact) mass is 344 g/mol. The summed E-state index contributed by atoms with van der Waals surface area (Å²) >= 11 is 0. The van der Waals surface area contributed by atoms with Crippen molar-refractivity contribution in [1.29, 1.82) is 0 Å². The van der Waals surface area contributed by atoms with Crippen molar-refractivity contribution in [3.05, 3.63) is 48.3 Å². The minimum absolute atomic E-state index is 0.192. The van der Waals surface area contributed by atoms with E-state index in [1.165, 1.54) is 12.1 Å². The lowest BCUT2D eigenvalue weighted by Crippen LogP contribution is -2.47. The van der Waals surface area contributed by atoms with E-state index >= 15 is 0 Å². The van der Waals surface area contributed by atoms with Gasteiger partial charge >= 0.3 is 0 Å². The highest BCUT2D eigenvalue weighted by Gasteiger charge is 2.17. The number of piperazine rings is 1. The molecule has 0 atom stereocenters. The predicted octanol–water partition coefficient (Wildman–Crippen LogP) is 2.76. The number of halogens is 1. The van der Waals surface area contributed by atoms with E-state index in [1.54, 1.807) is 0 Å². The van der Waals surface area contributed by atoms with Crippen molar-refractivity contribution in [2.45, 2.75) is 0 Å². The lowest BCUT2D eigenvalue weighted by atomic mass is 10.2. The van der Waals surface area contributed by atoms with Crippen molar-refractivity contribution >= 4 is 5.69 Å². The van der Waals surface area contributed by atoms with E-state index < -0.39 is 0 Å². The predicted molar refractivity (Wildman–Crippen MR) is 93.1 cm³/mol. The number of ether oxygens (including phenoxy) is 3. The molecule has 2 heterocycles. The third kappa shape index (κ3) is 3.79. The van der Waals surface area contributed by atoms with Crippen molar-refractivity contribution in [2.75, 3.05) is 51.0 Å². The first-order valence-electron chi connectivity index (χ1n) is 8.53. The molecule has 0 N–H and O–H groups in total. The van der Waals surface area contributed by atoms with Gasteiger partial charge in [-0.15, -0.1) is 0 Å². The van der Waals surface area contributed by atoms with Gasteiger partial charge in [-0.1, -0.05) is 0 Å². The van der Waals surface area contributed by atoms with E-state index in [1.807, 2.05) is 30.3 Å². The van der Waals surface area contributed by atoms with Crippen LogP contribution in [-0.2, 0) is 0 Å². The van der Waals surface area contributed by atoms with E-state index in [9.17, 15) is 4.39 Å². The van der Waals surface area contributed by atoms with Crippen molar-refractivity contribution in [3.63, 3.8) is 0 Å². The third-order valence-corrected chi connectivity index (χ3v) is 4.58. The van der Waals surface area contributed by atoms with Crippen molar-refractivity contribution < 1.29 is 18.6 Å². The Labute approximate surface area is 146 Å². The first kappa shape index (κ1) is 16.0. The van der Waals surface area contributed by atoms with E-state index in [-0.39, 0.29) is 12.6 Å².